The molecule has 3 atom stereocenters. The van der Waals surface area contributed by atoms with E-state index in [9.17, 15) is 9.59 Å². The Morgan fingerprint density at radius 3 is 2.36 bits per heavy atom. The zero-order chi connectivity index (χ0) is 11.1. The number of Topliss-reactive ketones (excluding diaryl/α,β-unsaturated/α-hetero) is 1. The normalized spacial score (nSPS) is 16.9. The van der Waals surface area contributed by atoms with Crippen molar-refractivity contribution in [3.8, 4) is 0 Å². The molecule has 3 nitrogen and oxygen atoms in total. The topological polar surface area (TPSA) is 43.4 Å². The maximum Gasteiger partial charge on any atom is 0.293 e. The minimum atomic E-state index is -0.306. The molecule has 0 spiro atoms. The Labute approximate surface area is 85.8 Å². The number of ether oxygens (including phenoxy) is 1. The van der Waals surface area contributed by atoms with Gasteiger partial charge in [0.05, 0.1) is 5.92 Å². The summed E-state index contributed by atoms with van der Waals surface area (Å²) in [5.41, 5.74) is 0. The molecule has 0 heterocycles. The molecular weight excluding hydrogens is 180 g/mol. The molecular formula is C11H20O3. The molecule has 0 radical (unpaired) electrons. The summed E-state index contributed by atoms with van der Waals surface area (Å²) in [6, 6.07) is 0. The van der Waals surface area contributed by atoms with Gasteiger partial charge < -0.3 is 4.74 Å². The molecule has 0 aromatic rings. The van der Waals surface area contributed by atoms with Crippen LogP contribution in [0.25, 0.3) is 0 Å². The zero-order valence-corrected chi connectivity index (χ0v) is 9.45. The minimum Gasteiger partial charge on any atom is -0.464 e. The van der Waals surface area contributed by atoms with Gasteiger partial charge in [-0.3, -0.25) is 9.59 Å². The highest BCUT2D eigenvalue weighted by atomic mass is 16.5. The van der Waals surface area contributed by atoms with Gasteiger partial charge in [0.2, 0.25) is 0 Å². The maximum atomic E-state index is 11.3. The van der Waals surface area contributed by atoms with Crippen molar-refractivity contribution in [3.63, 3.8) is 0 Å². The third-order valence-corrected chi connectivity index (χ3v) is 2.71. The van der Waals surface area contributed by atoms with Gasteiger partial charge in [0, 0.05) is 0 Å². The van der Waals surface area contributed by atoms with E-state index >= 15 is 0 Å². The van der Waals surface area contributed by atoms with Crippen molar-refractivity contribution in [1.29, 1.82) is 0 Å². The van der Waals surface area contributed by atoms with Crippen molar-refractivity contribution in [1.82, 2.24) is 0 Å². The van der Waals surface area contributed by atoms with Crippen LogP contribution in [0.3, 0.4) is 0 Å². The van der Waals surface area contributed by atoms with Gasteiger partial charge >= 0.3 is 0 Å². The minimum absolute atomic E-state index is 0.0969. The smallest absolute Gasteiger partial charge is 0.293 e. The largest absolute Gasteiger partial charge is 0.464 e. The Balaban J connectivity index is 4.27. The van der Waals surface area contributed by atoms with Crippen molar-refractivity contribution in [2.75, 3.05) is 0 Å². The molecule has 3 unspecified atom stereocenters. The van der Waals surface area contributed by atoms with Crippen LogP contribution in [0.1, 0.15) is 40.5 Å². The summed E-state index contributed by atoms with van der Waals surface area (Å²) in [6.07, 6.45) is 1.53. The van der Waals surface area contributed by atoms with Gasteiger partial charge in [0.25, 0.3) is 6.47 Å². The molecule has 0 fully saturated rings. The molecule has 0 aromatic heterocycles. The van der Waals surface area contributed by atoms with E-state index in [4.69, 9.17) is 4.74 Å². The van der Waals surface area contributed by atoms with E-state index in [0.29, 0.717) is 12.4 Å². The fourth-order valence-corrected chi connectivity index (χ4v) is 1.47. The van der Waals surface area contributed by atoms with Crippen molar-refractivity contribution in [2.24, 2.45) is 11.8 Å². The zero-order valence-electron chi connectivity index (χ0n) is 9.45. The van der Waals surface area contributed by atoms with Crippen molar-refractivity contribution in [3.05, 3.63) is 0 Å². The lowest BCUT2D eigenvalue weighted by Crippen LogP contribution is -2.28. The first-order valence-corrected chi connectivity index (χ1v) is 5.12. The predicted molar refractivity (Wildman–Crippen MR) is 54.9 cm³/mol. The number of ketones is 1. The number of carbonyl (C=O) groups is 2. The summed E-state index contributed by atoms with van der Waals surface area (Å²) in [7, 11) is 0. The van der Waals surface area contributed by atoms with Crippen LogP contribution in [-0.2, 0) is 14.3 Å². The third kappa shape index (κ3) is 4.40. The van der Waals surface area contributed by atoms with Crippen LogP contribution < -0.4 is 0 Å². The van der Waals surface area contributed by atoms with E-state index in [1.807, 2.05) is 0 Å². The van der Waals surface area contributed by atoms with Gasteiger partial charge in [-0.25, -0.2) is 0 Å². The average molecular weight is 200 g/mol. The van der Waals surface area contributed by atoms with Crippen LogP contribution in [0.2, 0.25) is 0 Å². The van der Waals surface area contributed by atoms with Gasteiger partial charge in [0.15, 0.2) is 0 Å². The molecule has 82 valence electrons. The first-order valence-electron chi connectivity index (χ1n) is 5.12. The number of hydrogen-bond donors (Lipinski definition) is 0. The second-order valence-electron chi connectivity index (χ2n) is 3.90. The SMILES string of the molecule is CCC(C)CC(C(C)=O)C(C)OC=O. The second kappa shape index (κ2) is 6.57. The second-order valence-corrected chi connectivity index (χ2v) is 3.90. The fourth-order valence-electron chi connectivity index (χ4n) is 1.47. The molecule has 3 heteroatoms. The highest BCUT2D eigenvalue weighted by molar-refractivity contribution is 5.79. The molecule has 0 amide bonds. The fraction of sp³-hybridized carbons (Fsp3) is 0.818. The standard InChI is InChI=1S/C11H20O3/c1-5-8(2)6-11(9(3)13)10(4)14-7-12/h7-8,10-11H,5-6H2,1-4H3. The van der Waals surface area contributed by atoms with Gasteiger partial charge in [-0.05, 0) is 26.2 Å². The van der Waals surface area contributed by atoms with Crippen LogP contribution in [0.5, 0.6) is 0 Å². The highest BCUT2D eigenvalue weighted by Gasteiger charge is 2.24. The summed E-state index contributed by atoms with van der Waals surface area (Å²) in [5.74, 6) is 0.427. The molecule has 14 heavy (non-hydrogen) atoms. The molecule has 0 aliphatic carbocycles. The lowest BCUT2D eigenvalue weighted by molar-refractivity contribution is -0.139. The van der Waals surface area contributed by atoms with E-state index in [1.165, 1.54) is 0 Å². The first-order chi connectivity index (χ1) is 6.52. The Morgan fingerprint density at radius 2 is 2.00 bits per heavy atom. The summed E-state index contributed by atoms with van der Waals surface area (Å²) >= 11 is 0. The lowest BCUT2D eigenvalue weighted by atomic mass is 9.88. The van der Waals surface area contributed by atoms with E-state index in [2.05, 4.69) is 13.8 Å². The first kappa shape index (κ1) is 13.1. The Kier molecular flexibility index (Phi) is 6.17. The molecule has 0 N–H and O–H groups in total. The van der Waals surface area contributed by atoms with Gasteiger partial charge in [0.1, 0.15) is 11.9 Å². The van der Waals surface area contributed by atoms with Crippen molar-refractivity contribution < 1.29 is 14.3 Å². The van der Waals surface area contributed by atoms with Gasteiger partial charge in [-0.1, -0.05) is 20.3 Å². The van der Waals surface area contributed by atoms with Crippen LogP contribution in [-0.4, -0.2) is 18.4 Å². The summed E-state index contributed by atoms with van der Waals surface area (Å²) in [5, 5.41) is 0. The Bertz CT molecular complexity index is 189. The van der Waals surface area contributed by atoms with Crippen LogP contribution in [0.15, 0.2) is 0 Å². The summed E-state index contributed by atoms with van der Waals surface area (Å²) in [6.45, 7) is 7.93. The molecule has 0 aromatic carbocycles. The molecule has 0 aliphatic heterocycles. The third-order valence-electron chi connectivity index (χ3n) is 2.71. The molecule has 0 bridgehead atoms. The van der Waals surface area contributed by atoms with Crippen LogP contribution >= 0.6 is 0 Å². The van der Waals surface area contributed by atoms with Crippen LogP contribution in [0, 0.1) is 11.8 Å². The van der Waals surface area contributed by atoms with Crippen molar-refractivity contribution in [2.45, 2.75) is 46.6 Å². The monoisotopic (exact) mass is 200 g/mol. The maximum absolute atomic E-state index is 11.3. The predicted octanol–water partition coefficient (Wildman–Crippen LogP) is 2.19. The molecule has 0 aliphatic rings. The number of hydrogen-bond acceptors (Lipinski definition) is 3. The van der Waals surface area contributed by atoms with Crippen molar-refractivity contribution >= 4 is 12.3 Å². The van der Waals surface area contributed by atoms with Crippen LogP contribution in [0.4, 0.5) is 0 Å². The lowest BCUT2D eigenvalue weighted by Gasteiger charge is -2.22. The summed E-state index contributed by atoms with van der Waals surface area (Å²) < 4.78 is 4.81. The van der Waals surface area contributed by atoms with Gasteiger partial charge in [-0.15, -0.1) is 0 Å². The molecule has 0 saturated carbocycles. The van der Waals surface area contributed by atoms with E-state index < -0.39 is 0 Å². The number of carbonyl (C=O) groups excluding carboxylic acids is 2. The van der Waals surface area contributed by atoms with Gasteiger partial charge in [-0.2, -0.15) is 0 Å². The van der Waals surface area contributed by atoms with E-state index in [1.54, 1.807) is 13.8 Å². The average Bonchev–Trinajstić information content (AvgIpc) is 2.13. The Morgan fingerprint density at radius 1 is 1.43 bits per heavy atom. The molecule has 0 saturated heterocycles. The Hall–Kier alpha value is -0.860. The summed E-state index contributed by atoms with van der Waals surface area (Å²) in [4.78, 5) is 21.5. The number of rotatable bonds is 7. The van der Waals surface area contributed by atoms with E-state index in [0.717, 1.165) is 12.8 Å². The quantitative estimate of drug-likeness (QED) is 0.592. The molecule has 0 rings (SSSR count). The highest BCUT2D eigenvalue weighted by Crippen LogP contribution is 2.20. The van der Waals surface area contributed by atoms with E-state index in [-0.39, 0.29) is 17.8 Å².